The van der Waals surface area contributed by atoms with E-state index in [0.29, 0.717) is 5.69 Å². The van der Waals surface area contributed by atoms with Crippen LogP contribution < -0.4 is 5.32 Å². The molecule has 0 unspecified atom stereocenters. The Morgan fingerprint density at radius 2 is 1.55 bits per heavy atom. The smallest absolute Gasteiger partial charge is 0.244 e. The zero-order valence-electron chi connectivity index (χ0n) is 13.1. The van der Waals surface area contributed by atoms with Crippen LogP contribution >= 0.6 is 0 Å². The fourth-order valence-corrected chi connectivity index (χ4v) is 3.25. The molecule has 0 bridgehead atoms. The first kappa shape index (κ1) is 14.9. The largest absolute Gasteiger partial charge is 0.508 e. The van der Waals surface area contributed by atoms with Crippen LogP contribution in [0.1, 0.15) is 41.5 Å². The summed E-state index contributed by atoms with van der Waals surface area (Å²) in [5, 5.41) is 12.2. The van der Waals surface area contributed by atoms with Crippen molar-refractivity contribution in [3.63, 3.8) is 0 Å². The second-order valence-electron chi connectivity index (χ2n) is 7.01. The third-order valence-electron chi connectivity index (χ3n) is 4.81. The number of hydrogen-bond donors (Lipinski definition) is 2. The van der Waals surface area contributed by atoms with Gasteiger partial charge in [-0.25, -0.2) is 0 Å². The lowest BCUT2D eigenvalue weighted by atomic mass is 10.0. The molecule has 20 heavy (non-hydrogen) atoms. The van der Waals surface area contributed by atoms with Crippen molar-refractivity contribution in [1.82, 2.24) is 4.90 Å². The quantitative estimate of drug-likeness (QED) is 0.659. The summed E-state index contributed by atoms with van der Waals surface area (Å²) in [5.41, 5.74) is 0.106. The van der Waals surface area contributed by atoms with Gasteiger partial charge >= 0.3 is 0 Å². The maximum Gasteiger partial charge on any atom is 0.244 e. The van der Waals surface area contributed by atoms with Crippen molar-refractivity contribution in [2.24, 2.45) is 0 Å². The zero-order chi connectivity index (χ0) is 15.3. The number of nitrogens with one attached hydrogen (secondary N) is 1. The highest BCUT2D eigenvalue weighted by Gasteiger charge is 2.69. The van der Waals surface area contributed by atoms with Gasteiger partial charge in [-0.05, 0) is 65.8 Å². The van der Waals surface area contributed by atoms with Crippen molar-refractivity contribution >= 4 is 11.6 Å². The molecule has 1 saturated heterocycles. The number of phenols is 1. The van der Waals surface area contributed by atoms with Crippen LogP contribution in [0, 0.1) is 0 Å². The monoisotopic (exact) mass is 276 g/mol. The van der Waals surface area contributed by atoms with E-state index in [9.17, 15) is 9.90 Å². The number of carbonyl (C=O) groups excluding carboxylic acids is 1. The molecule has 1 heterocycles. The highest BCUT2D eigenvalue weighted by molar-refractivity contribution is 5.98. The summed E-state index contributed by atoms with van der Waals surface area (Å²) >= 11 is 0. The summed E-state index contributed by atoms with van der Waals surface area (Å²) in [6.45, 7) is 12.5. The van der Waals surface area contributed by atoms with Crippen molar-refractivity contribution in [3.8, 4) is 5.75 Å². The fourth-order valence-electron chi connectivity index (χ4n) is 3.25. The Labute approximate surface area is 120 Å². The van der Waals surface area contributed by atoms with Gasteiger partial charge in [0.05, 0.1) is 5.54 Å². The van der Waals surface area contributed by atoms with E-state index >= 15 is 0 Å². The van der Waals surface area contributed by atoms with Crippen molar-refractivity contribution in [1.29, 1.82) is 0 Å². The SMILES string of the molecule is CC(C)(C(=O)Nc1ccc(O)cc1)N1C(C)(C)C1(C)C. The number of nitrogens with zero attached hydrogens (tertiary/aromatic N) is 1. The minimum Gasteiger partial charge on any atom is -0.508 e. The molecule has 0 saturated carbocycles. The van der Waals surface area contributed by atoms with Gasteiger partial charge < -0.3 is 10.4 Å². The van der Waals surface area contributed by atoms with Gasteiger partial charge in [-0.2, -0.15) is 0 Å². The van der Waals surface area contributed by atoms with Crippen molar-refractivity contribution < 1.29 is 9.90 Å². The average Bonchev–Trinajstić information content (AvgIpc) is 2.73. The van der Waals surface area contributed by atoms with E-state index < -0.39 is 5.54 Å². The molecule has 4 nitrogen and oxygen atoms in total. The summed E-state index contributed by atoms with van der Waals surface area (Å²) in [4.78, 5) is 14.8. The van der Waals surface area contributed by atoms with Gasteiger partial charge in [0.15, 0.2) is 0 Å². The van der Waals surface area contributed by atoms with Gasteiger partial charge in [0.25, 0.3) is 0 Å². The molecule has 110 valence electrons. The number of phenolic OH excluding ortho intramolecular Hbond substituents is 1. The number of benzene rings is 1. The van der Waals surface area contributed by atoms with Crippen LogP contribution in [0.25, 0.3) is 0 Å². The second kappa shape index (κ2) is 4.22. The number of amides is 1. The number of carbonyl (C=O) groups is 1. The highest BCUT2D eigenvalue weighted by atomic mass is 16.3. The molecule has 2 rings (SSSR count). The number of anilines is 1. The fraction of sp³-hybridized carbons (Fsp3) is 0.562. The van der Waals surface area contributed by atoms with Crippen LogP contribution in [0.2, 0.25) is 0 Å². The summed E-state index contributed by atoms with van der Waals surface area (Å²) < 4.78 is 0. The Morgan fingerprint density at radius 3 is 1.95 bits per heavy atom. The molecule has 1 amide bonds. The number of aromatic hydroxyl groups is 1. The summed E-state index contributed by atoms with van der Waals surface area (Å²) in [6.07, 6.45) is 0. The molecule has 0 radical (unpaired) electrons. The van der Waals surface area contributed by atoms with Gasteiger partial charge in [-0.1, -0.05) is 0 Å². The topological polar surface area (TPSA) is 52.3 Å². The number of rotatable bonds is 3. The van der Waals surface area contributed by atoms with Crippen molar-refractivity contribution in [2.75, 3.05) is 5.32 Å². The number of hydrogen-bond acceptors (Lipinski definition) is 3. The molecule has 0 aromatic heterocycles. The summed E-state index contributed by atoms with van der Waals surface area (Å²) in [5.74, 6) is 0.150. The van der Waals surface area contributed by atoms with Gasteiger partial charge in [-0.3, -0.25) is 9.69 Å². The second-order valence-corrected chi connectivity index (χ2v) is 7.01. The van der Waals surface area contributed by atoms with Crippen LogP contribution in [0.15, 0.2) is 24.3 Å². The maximum absolute atomic E-state index is 12.6. The summed E-state index contributed by atoms with van der Waals surface area (Å²) in [6, 6.07) is 6.52. The predicted octanol–water partition coefficient (Wildman–Crippen LogP) is 2.98. The zero-order valence-corrected chi connectivity index (χ0v) is 13.1. The van der Waals surface area contributed by atoms with Crippen LogP contribution in [0.5, 0.6) is 5.75 Å². The minimum absolute atomic E-state index is 0.00277. The third-order valence-corrected chi connectivity index (χ3v) is 4.81. The lowest BCUT2D eigenvalue weighted by Crippen LogP contribution is -2.47. The Morgan fingerprint density at radius 1 is 1.10 bits per heavy atom. The van der Waals surface area contributed by atoms with Gasteiger partial charge in [0.2, 0.25) is 5.91 Å². The normalized spacial score (nSPS) is 20.5. The van der Waals surface area contributed by atoms with E-state index in [0.717, 1.165) is 0 Å². The Kier molecular flexibility index (Phi) is 3.13. The van der Waals surface area contributed by atoms with E-state index in [1.165, 1.54) is 0 Å². The first-order valence-corrected chi connectivity index (χ1v) is 6.92. The lowest BCUT2D eigenvalue weighted by molar-refractivity contribution is -0.124. The summed E-state index contributed by atoms with van der Waals surface area (Å²) in [7, 11) is 0. The van der Waals surface area contributed by atoms with Crippen LogP contribution in [-0.2, 0) is 4.79 Å². The molecule has 1 aliphatic heterocycles. The van der Waals surface area contributed by atoms with Crippen LogP contribution in [-0.4, -0.2) is 32.5 Å². The molecule has 1 aliphatic rings. The van der Waals surface area contributed by atoms with Crippen molar-refractivity contribution in [3.05, 3.63) is 24.3 Å². The lowest BCUT2D eigenvalue weighted by Gasteiger charge is -2.29. The first-order chi connectivity index (χ1) is 9.01. The molecule has 0 atom stereocenters. The molecule has 0 spiro atoms. The van der Waals surface area contributed by atoms with Crippen LogP contribution in [0.4, 0.5) is 5.69 Å². The Balaban J connectivity index is 2.15. The predicted molar refractivity (Wildman–Crippen MR) is 80.8 cm³/mol. The Bertz CT molecular complexity index is 516. The van der Waals surface area contributed by atoms with E-state index in [-0.39, 0.29) is 22.7 Å². The molecule has 1 aromatic rings. The third kappa shape index (κ3) is 2.08. The molecular weight excluding hydrogens is 252 g/mol. The molecule has 1 fully saturated rings. The molecular formula is C16H24N2O2. The van der Waals surface area contributed by atoms with E-state index in [1.54, 1.807) is 24.3 Å². The maximum atomic E-state index is 12.6. The van der Waals surface area contributed by atoms with E-state index in [4.69, 9.17) is 0 Å². The standard InChI is InChI=1S/C16H24N2O2/c1-14(2,18-15(3,4)16(18,5)6)13(20)17-11-7-9-12(19)10-8-11/h7-10,19H,1-6H3,(H,17,20). The van der Waals surface area contributed by atoms with E-state index in [1.807, 2.05) is 13.8 Å². The average molecular weight is 276 g/mol. The highest BCUT2D eigenvalue weighted by Crippen LogP contribution is 2.55. The van der Waals surface area contributed by atoms with Crippen molar-refractivity contribution in [2.45, 2.75) is 58.2 Å². The first-order valence-electron chi connectivity index (χ1n) is 6.92. The van der Waals surface area contributed by atoms with Gasteiger partial charge in [0, 0.05) is 16.8 Å². The molecule has 0 aliphatic carbocycles. The minimum atomic E-state index is -0.592. The molecule has 2 N–H and O–H groups in total. The molecule has 1 aromatic carbocycles. The van der Waals surface area contributed by atoms with E-state index in [2.05, 4.69) is 37.9 Å². The molecule has 4 heteroatoms. The van der Waals surface area contributed by atoms with Gasteiger partial charge in [0.1, 0.15) is 5.75 Å². The van der Waals surface area contributed by atoms with Crippen LogP contribution in [0.3, 0.4) is 0 Å². The Hall–Kier alpha value is -1.55. The van der Waals surface area contributed by atoms with Gasteiger partial charge in [-0.15, -0.1) is 0 Å².